The molecule has 1 saturated heterocycles. The van der Waals surface area contributed by atoms with E-state index in [1.807, 2.05) is 13.2 Å². The first-order valence-corrected chi connectivity index (χ1v) is 13.3. The number of imidazole rings is 1. The van der Waals surface area contributed by atoms with Gasteiger partial charge in [-0.1, -0.05) is 0 Å². The summed E-state index contributed by atoms with van der Waals surface area (Å²) in [6, 6.07) is 5.12. The average Bonchev–Trinajstić information content (AvgIpc) is 3.48. The zero-order valence-corrected chi connectivity index (χ0v) is 21.6. The van der Waals surface area contributed by atoms with Gasteiger partial charge >= 0.3 is 0 Å². The van der Waals surface area contributed by atoms with Gasteiger partial charge < -0.3 is 25.3 Å². The molecular formula is C28H29FN8O2. The zero-order chi connectivity index (χ0) is 26.5. The van der Waals surface area contributed by atoms with Crippen LogP contribution in [0.5, 0.6) is 0 Å². The van der Waals surface area contributed by atoms with Gasteiger partial charge in [-0.05, 0) is 37.8 Å². The Morgan fingerprint density at radius 1 is 1.05 bits per heavy atom. The molecule has 200 valence electrons. The number of aromatic nitrogens is 5. The number of hydrogen-bond acceptors (Lipinski definition) is 7. The van der Waals surface area contributed by atoms with Crippen LogP contribution in [0.4, 0.5) is 27.3 Å². The fourth-order valence-corrected chi connectivity index (χ4v) is 5.58. The van der Waals surface area contributed by atoms with Gasteiger partial charge in [0.1, 0.15) is 17.5 Å². The first-order chi connectivity index (χ1) is 19.0. The average molecular weight is 529 g/mol. The fraction of sp³-hybridized carbons (Fsp3) is 0.357. The Bertz CT molecular complexity index is 1540. The lowest BCUT2D eigenvalue weighted by atomic mass is 9.97. The van der Waals surface area contributed by atoms with E-state index in [-0.39, 0.29) is 23.7 Å². The largest absolute Gasteiger partial charge is 0.381 e. The maximum atomic E-state index is 15.2. The lowest BCUT2D eigenvalue weighted by Gasteiger charge is -2.32. The molecule has 3 aromatic heterocycles. The molecule has 5 heterocycles. The minimum atomic E-state index is -0.354. The van der Waals surface area contributed by atoms with Crippen LogP contribution in [0.3, 0.4) is 0 Å². The van der Waals surface area contributed by atoms with E-state index in [1.54, 1.807) is 30.7 Å². The van der Waals surface area contributed by atoms with Gasteiger partial charge in [-0.25, -0.2) is 14.4 Å². The number of pyridine rings is 1. The molecule has 11 heteroatoms. The molecule has 3 N–H and O–H groups in total. The second kappa shape index (κ2) is 9.49. The van der Waals surface area contributed by atoms with E-state index in [0.29, 0.717) is 35.1 Å². The number of rotatable bonds is 6. The molecule has 10 nitrogen and oxygen atoms in total. The van der Waals surface area contributed by atoms with Crippen molar-refractivity contribution in [1.82, 2.24) is 24.7 Å². The highest BCUT2D eigenvalue weighted by Crippen LogP contribution is 2.46. The van der Waals surface area contributed by atoms with Crippen molar-refractivity contribution in [3.05, 3.63) is 54.5 Å². The zero-order valence-electron chi connectivity index (χ0n) is 21.6. The van der Waals surface area contributed by atoms with Gasteiger partial charge in [-0.2, -0.15) is 5.10 Å². The number of H-pyrrole nitrogens is 1. The van der Waals surface area contributed by atoms with E-state index < -0.39 is 0 Å². The van der Waals surface area contributed by atoms with Gasteiger partial charge in [-0.3, -0.25) is 9.48 Å². The summed E-state index contributed by atoms with van der Waals surface area (Å²) in [5.74, 6) is 0.712. The SMILES string of the molecule is CN1Cc2c(cnn2C2CCOCC2)-c2cc(F)cc(Nc3cc(NC(=O)C4CC4)ncc3-c3ncc[nH]3)c21. The summed E-state index contributed by atoms with van der Waals surface area (Å²) in [6.07, 6.45) is 10.5. The first-order valence-electron chi connectivity index (χ1n) is 13.3. The number of hydrogen-bond donors (Lipinski definition) is 3. The van der Waals surface area contributed by atoms with E-state index >= 15 is 4.39 Å². The van der Waals surface area contributed by atoms with Crippen LogP contribution in [0.15, 0.2) is 43.0 Å². The molecule has 1 amide bonds. The number of ether oxygens (including phenoxy) is 1. The molecule has 0 atom stereocenters. The van der Waals surface area contributed by atoms with Crippen LogP contribution in [0.25, 0.3) is 22.5 Å². The van der Waals surface area contributed by atoms with Crippen molar-refractivity contribution in [2.45, 2.75) is 38.3 Å². The second-order valence-electron chi connectivity index (χ2n) is 10.4. The summed E-state index contributed by atoms with van der Waals surface area (Å²) in [6.45, 7) is 2.09. The number of nitrogens with zero attached hydrogens (tertiary/aromatic N) is 5. The van der Waals surface area contributed by atoms with Crippen molar-refractivity contribution in [3.8, 4) is 22.5 Å². The second-order valence-corrected chi connectivity index (χ2v) is 10.4. The van der Waals surface area contributed by atoms with Crippen LogP contribution in [-0.2, 0) is 16.1 Å². The number of halogens is 1. The van der Waals surface area contributed by atoms with E-state index in [0.717, 1.165) is 61.4 Å². The molecule has 2 fully saturated rings. The number of amides is 1. The van der Waals surface area contributed by atoms with Crippen LogP contribution < -0.4 is 15.5 Å². The van der Waals surface area contributed by atoms with Crippen molar-refractivity contribution in [1.29, 1.82) is 0 Å². The Kier molecular flexibility index (Phi) is 5.80. The number of carbonyl (C=O) groups excluding carboxylic acids is 1. The normalized spacial score (nSPS) is 17.0. The quantitative estimate of drug-likeness (QED) is 0.327. The van der Waals surface area contributed by atoms with Gasteiger partial charge in [0.05, 0.1) is 47.1 Å². The molecule has 0 radical (unpaired) electrons. The van der Waals surface area contributed by atoms with Crippen molar-refractivity contribution < 1.29 is 13.9 Å². The number of benzene rings is 1. The number of aromatic amines is 1. The standard InChI is InChI=1S/C28H29FN8O2/c1-36-15-24-20(14-33-37(24)18-4-8-39-9-5-18)19-10-17(29)11-23(26(19)36)34-22-12-25(35-28(38)16-2-3-16)32-13-21(22)27-30-6-7-31-27/h6-7,10-14,16,18H,2-5,8-9,15H2,1H3,(H,30,31)(H2,32,34,35,38). The maximum Gasteiger partial charge on any atom is 0.228 e. The number of anilines is 4. The molecule has 1 aliphatic carbocycles. The summed E-state index contributed by atoms with van der Waals surface area (Å²) < 4.78 is 22.8. The highest BCUT2D eigenvalue weighted by molar-refractivity contribution is 5.96. The lowest BCUT2D eigenvalue weighted by molar-refractivity contribution is -0.117. The van der Waals surface area contributed by atoms with Crippen LogP contribution in [0.1, 0.15) is 37.4 Å². The summed E-state index contributed by atoms with van der Waals surface area (Å²) >= 11 is 0. The summed E-state index contributed by atoms with van der Waals surface area (Å²) in [4.78, 5) is 26.5. The maximum absolute atomic E-state index is 15.2. The van der Waals surface area contributed by atoms with Crippen LogP contribution >= 0.6 is 0 Å². The molecule has 4 aromatic rings. The fourth-order valence-electron chi connectivity index (χ4n) is 5.58. The minimum absolute atomic E-state index is 0.0314. The Balaban J connectivity index is 1.29. The third kappa shape index (κ3) is 4.42. The Morgan fingerprint density at radius 2 is 1.90 bits per heavy atom. The third-order valence-electron chi connectivity index (χ3n) is 7.69. The van der Waals surface area contributed by atoms with Crippen LogP contribution in [0.2, 0.25) is 0 Å². The molecule has 2 aliphatic heterocycles. The van der Waals surface area contributed by atoms with Gasteiger partial charge in [0.2, 0.25) is 5.91 Å². The van der Waals surface area contributed by atoms with Crippen LogP contribution in [-0.4, -0.2) is 50.9 Å². The molecule has 0 spiro atoms. The predicted molar refractivity (Wildman–Crippen MR) is 145 cm³/mol. The predicted octanol–water partition coefficient (Wildman–Crippen LogP) is 4.87. The molecule has 3 aliphatic rings. The van der Waals surface area contributed by atoms with Gasteiger partial charge in [0.25, 0.3) is 0 Å². The first kappa shape index (κ1) is 23.8. The van der Waals surface area contributed by atoms with Crippen molar-refractivity contribution in [2.24, 2.45) is 5.92 Å². The van der Waals surface area contributed by atoms with Crippen molar-refractivity contribution in [2.75, 3.05) is 35.8 Å². The molecular weight excluding hydrogens is 499 g/mol. The molecule has 1 aromatic carbocycles. The van der Waals surface area contributed by atoms with E-state index in [1.165, 1.54) is 6.07 Å². The highest BCUT2D eigenvalue weighted by Gasteiger charge is 2.31. The van der Waals surface area contributed by atoms with Gasteiger partial charge in [0, 0.05) is 62.0 Å². The van der Waals surface area contributed by atoms with Gasteiger partial charge in [0.15, 0.2) is 0 Å². The summed E-state index contributed by atoms with van der Waals surface area (Å²) in [7, 11) is 2.01. The van der Waals surface area contributed by atoms with Gasteiger partial charge in [-0.15, -0.1) is 0 Å². The minimum Gasteiger partial charge on any atom is -0.381 e. The number of carbonyl (C=O) groups is 1. The Labute approximate surface area is 224 Å². The monoisotopic (exact) mass is 528 g/mol. The third-order valence-corrected chi connectivity index (χ3v) is 7.69. The lowest BCUT2D eigenvalue weighted by Crippen LogP contribution is -2.28. The summed E-state index contributed by atoms with van der Waals surface area (Å²) in [5.41, 5.74) is 5.64. The Hall–Kier alpha value is -4.25. The molecule has 0 bridgehead atoms. The molecule has 39 heavy (non-hydrogen) atoms. The summed E-state index contributed by atoms with van der Waals surface area (Å²) in [5, 5.41) is 11.1. The highest BCUT2D eigenvalue weighted by atomic mass is 19.1. The van der Waals surface area contributed by atoms with E-state index in [9.17, 15) is 4.79 Å². The number of nitrogens with one attached hydrogen (secondary N) is 3. The molecule has 7 rings (SSSR count). The van der Waals surface area contributed by atoms with Crippen molar-refractivity contribution >= 4 is 28.8 Å². The van der Waals surface area contributed by atoms with E-state index in [2.05, 4.69) is 35.2 Å². The number of fused-ring (bicyclic) bond motifs is 3. The molecule has 1 saturated carbocycles. The molecule has 0 unspecified atom stereocenters. The Morgan fingerprint density at radius 3 is 2.67 bits per heavy atom. The van der Waals surface area contributed by atoms with Crippen molar-refractivity contribution in [3.63, 3.8) is 0 Å². The van der Waals surface area contributed by atoms with E-state index in [4.69, 9.17) is 9.84 Å². The smallest absolute Gasteiger partial charge is 0.228 e. The topological polar surface area (TPSA) is 113 Å². The van der Waals surface area contributed by atoms with Crippen LogP contribution in [0, 0.1) is 11.7 Å².